The predicted octanol–water partition coefficient (Wildman–Crippen LogP) is 6.00. The first-order chi connectivity index (χ1) is 9.93. The van der Waals surface area contributed by atoms with Crippen molar-refractivity contribution in [2.75, 3.05) is 4.31 Å². The van der Waals surface area contributed by atoms with Gasteiger partial charge in [0.15, 0.2) is 11.0 Å². The molecule has 0 fully saturated rings. The lowest BCUT2D eigenvalue weighted by molar-refractivity contribution is 0.683. The summed E-state index contributed by atoms with van der Waals surface area (Å²) in [5, 5.41) is 0.542. The van der Waals surface area contributed by atoms with Gasteiger partial charge in [0.2, 0.25) is 0 Å². The quantitative estimate of drug-likeness (QED) is 0.424. The van der Waals surface area contributed by atoms with Gasteiger partial charge in [-0.2, -0.15) is 0 Å². The van der Waals surface area contributed by atoms with Crippen LogP contribution >= 0.6 is 58.0 Å². The number of hydrogen-bond acceptors (Lipinski definition) is 1. The van der Waals surface area contributed by atoms with Crippen molar-refractivity contribution in [3.05, 3.63) is 54.9 Å². The smallest absolute Gasteiger partial charge is 0.153 e. The van der Waals surface area contributed by atoms with Crippen molar-refractivity contribution < 1.29 is 4.21 Å². The summed E-state index contributed by atoms with van der Waals surface area (Å²) in [6.45, 7) is 0.399. The van der Waals surface area contributed by atoms with Crippen molar-refractivity contribution in [2.24, 2.45) is 0 Å². The monoisotopic (exact) mass is 399 g/mol. The molecule has 1 aliphatic rings. The summed E-state index contributed by atoms with van der Waals surface area (Å²) in [6, 6.07) is 7.40. The lowest BCUT2D eigenvalue weighted by atomic mass is 10.2. The molecule has 2 nitrogen and oxygen atoms in total. The van der Waals surface area contributed by atoms with E-state index in [0.717, 1.165) is 5.56 Å². The van der Waals surface area contributed by atoms with Crippen molar-refractivity contribution in [3.8, 4) is 0 Å². The molecule has 0 aromatic heterocycles. The van der Waals surface area contributed by atoms with Crippen molar-refractivity contribution >= 4 is 74.7 Å². The van der Waals surface area contributed by atoms with Crippen molar-refractivity contribution in [1.29, 1.82) is 0 Å². The average molecular weight is 402 g/mol. The van der Waals surface area contributed by atoms with Gasteiger partial charge in [-0.25, -0.2) is 4.21 Å². The molecule has 1 heterocycles. The fourth-order valence-corrected chi connectivity index (χ4v) is 4.94. The molecule has 0 bridgehead atoms. The topological polar surface area (TPSA) is 20.3 Å². The first kappa shape index (κ1) is 15.7. The molecule has 0 saturated heterocycles. The first-order valence-electron chi connectivity index (χ1n) is 5.72. The van der Waals surface area contributed by atoms with Crippen LogP contribution in [-0.2, 0) is 17.5 Å². The Labute approximate surface area is 149 Å². The zero-order chi connectivity index (χ0) is 15.3. The molecule has 0 N–H and O–H groups in total. The minimum Gasteiger partial charge on any atom is -0.280 e. The Bertz CT molecular complexity index is 750. The summed E-state index contributed by atoms with van der Waals surface area (Å²) in [4.78, 5) is 0.715. The predicted molar refractivity (Wildman–Crippen MR) is 90.5 cm³/mol. The van der Waals surface area contributed by atoms with Gasteiger partial charge in [0.05, 0.1) is 42.2 Å². The second-order valence-corrected chi connectivity index (χ2v) is 7.58. The van der Waals surface area contributed by atoms with E-state index in [1.807, 2.05) is 18.2 Å². The summed E-state index contributed by atoms with van der Waals surface area (Å²) >= 11 is 30.6. The summed E-state index contributed by atoms with van der Waals surface area (Å²) in [6.07, 6.45) is 0. The zero-order valence-electron chi connectivity index (χ0n) is 10.2. The average Bonchev–Trinajstić information content (AvgIpc) is 2.81. The highest BCUT2D eigenvalue weighted by Gasteiger charge is 2.32. The van der Waals surface area contributed by atoms with Crippen LogP contribution in [0.5, 0.6) is 0 Å². The number of halogens is 5. The van der Waals surface area contributed by atoms with Crippen LogP contribution in [0.3, 0.4) is 0 Å². The van der Waals surface area contributed by atoms with E-state index in [4.69, 9.17) is 58.0 Å². The maximum Gasteiger partial charge on any atom is 0.153 e. The number of benzene rings is 2. The number of hydrogen-bond donors (Lipinski definition) is 0. The highest BCUT2D eigenvalue weighted by Crippen LogP contribution is 2.50. The molecular weight excluding hydrogens is 395 g/mol. The fraction of sp³-hybridized carbons (Fsp3) is 0.0769. The molecule has 8 heteroatoms. The Morgan fingerprint density at radius 2 is 1.38 bits per heavy atom. The Balaban J connectivity index is 2.18. The van der Waals surface area contributed by atoms with Crippen LogP contribution in [0.4, 0.5) is 5.69 Å². The Morgan fingerprint density at radius 1 is 0.857 bits per heavy atom. The molecule has 0 radical (unpaired) electrons. The third-order valence-electron chi connectivity index (χ3n) is 3.11. The lowest BCUT2D eigenvalue weighted by Crippen LogP contribution is -2.19. The molecule has 110 valence electrons. The van der Waals surface area contributed by atoms with Crippen molar-refractivity contribution in [3.63, 3.8) is 0 Å². The molecular formula is C13H6Cl5NOS. The molecule has 1 aliphatic heterocycles. The van der Waals surface area contributed by atoms with Crippen LogP contribution in [0, 0.1) is 0 Å². The van der Waals surface area contributed by atoms with Crippen LogP contribution in [0.25, 0.3) is 0 Å². The molecule has 21 heavy (non-hydrogen) atoms. The largest absolute Gasteiger partial charge is 0.280 e. The van der Waals surface area contributed by atoms with Crippen LogP contribution in [-0.4, -0.2) is 4.21 Å². The van der Waals surface area contributed by atoms with Crippen LogP contribution in [0.15, 0.2) is 29.2 Å². The van der Waals surface area contributed by atoms with E-state index in [2.05, 4.69) is 0 Å². The number of fused-ring (bicyclic) bond motifs is 1. The maximum atomic E-state index is 12.6. The SMILES string of the molecule is O=S1c2ccccc2CN1c1c(Cl)c(Cl)c(Cl)c(Cl)c1Cl. The normalized spacial score (nSPS) is 17.2. The third kappa shape index (κ3) is 2.44. The van der Waals surface area contributed by atoms with E-state index >= 15 is 0 Å². The van der Waals surface area contributed by atoms with E-state index < -0.39 is 11.0 Å². The van der Waals surface area contributed by atoms with Gasteiger partial charge < -0.3 is 0 Å². The van der Waals surface area contributed by atoms with Gasteiger partial charge >= 0.3 is 0 Å². The van der Waals surface area contributed by atoms with Gasteiger partial charge in [0.25, 0.3) is 0 Å². The molecule has 2 aromatic carbocycles. The van der Waals surface area contributed by atoms with E-state index in [-0.39, 0.29) is 25.1 Å². The van der Waals surface area contributed by atoms with Gasteiger partial charge in [-0.15, -0.1) is 0 Å². The Hall–Kier alpha value is -0.160. The van der Waals surface area contributed by atoms with E-state index in [1.54, 1.807) is 10.4 Å². The maximum absolute atomic E-state index is 12.6. The highest BCUT2D eigenvalue weighted by molar-refractivity contribution is 7.86. The van der Waals surface area contributed by atoms with Crippen LogP contribution < -0.4 is 4.31 Å². The molecule has 1 unspecified atom stereocenters. The van der Waals surface area contributed by atoms with Gasteiger partial charge in [0, 0.05) is 0 Å². The fourth-order valence-electron chi connectivity index (χ4n) is 2.11. The van der Waals surface area contributed by atoms with E-state index in [9.17, 15) is 4.21 Å². The first-order valence-corrected chi connectivity index (χ1v) is 8.72. The van der Waals surface area contributed by atoms with Crippen LogP contribution in [0.2, 0.25) is 25.1 Å². The number of nitrogens with zero attached hydrogens (tertiary/aromatic N) is 1. The second kappa shape index (κ2) is 5.80. The second-order valence-electron chi connectivity index (χ2n) is 4.31. The van der Waals surface area contributed by atoms with E-state index in [0.29, 0.717) is 17.1 Å². The molecule has 0 amide bonds. The van der Waals surface area contributed by atoms with Crippen LogP contribution in [0.1, 0.15) is 5.56 Å². The van der Waals surface area contributed by atoms with E-state index in [1.165, 1.54) is 0 Å². The summed E-state index contributed by atoms with van der Waals surface area (Å²) < 4.78 is 14.2. The molecule has 2 aromatic rings. The number of rotatable bonds is 1. The third-order valence-corrected chi connectivity index (χ3v) is 6.85. The minimum absolute atomic E-state index is 0.0829. The molecule has 0 saturated carbocycles. The summed E-state index contributed by atoms with van der Waals surface area (Å²) in [5.74, 6) is 0. The highest BCUT2D eigenvalue weighted by atomic mass is 35.5. The summed E-state index contributed by atoms with van der Waals surface area (Å²) in [7, 11) is -1.43. The van der Waals surface area contributed by atoms with Gasteiger partial charge in [0.1, 0.15) is 0 Å². The Morgan fingerprint density at radius 3 is 1.95 bits per heavy atom. The molecule has 0 spiro atoms. The molecule has 0 aliphatic carbocycles. The van der Waals surface area contributed by atoms with Crippen molar-refractivity contribution in [2.45, 2.75) is 11.4 Å². The zero-order valence-corrected chi connectivity index (χ0v) is 14.8. The Kier molecular flexibility index (Phi) is 4.34. The van der Waals surface area contributed by atoms with Gasteiger partial charge in [-0.05, 0) is 11.6 Å². The summed E-state index contributed by atoms with van der Waals surface area (Å²) in [5.41, 5.74) is 1.26. The standard InChI is InChI=1S/C13H6Cl5NOS/c14-8-9(15)11(17)13(12(18)10(8)16)19-5-6-3-1-2-4-7(6)21(19)20/h1-4H,5H2. The minimum atomic E-state index is -1.43. The van der Waals surface area contributed by atoms with Gasteiger partial charge in [-0.3, -0.25) is 4.31 Å². The molecule has 3 rings (SSSR count). The van der Waals surface area contributed by atoms with Crippen molar-refractivity contribution in [1.82, 2.24) is 0 Å². The van der Waals surface area contributed by atoms with Gasteiger partial charge in [-0.1, -0.05) is 76.2 Å². The molecule has 1 atom stereocenters. The number of anilines is 1. The lowest BCUT2D eigenvalue weighted by Gasteiger charge is -2.21.